The monoisotopic (exact) mass is 264 g/mol. The number of aryl methyl sites for hydroxylation is 2. The van der Waals surface area contributed by atoms with Crippen molar-refractivity contribution in [1.29, 1.82) is 0 Å². The number of hydrogen-bond acceptors (Lipinski definition) is 4. The average Bonchev–Trinajstić information content (AvgIpc) is 2.30. The first-order chi connectivity index (χ1) is 8.40. The summed E-state index contributed by atoms with van der Waals surface area (Å²) in [5, 5.41) is 35.5. The Morgan fingerprint density at radius 3 is 1.16 bits per heavy atom. The maximum absolute atomic E-state index is 8.93. The topological polar surface area (TPSA) is 80.9 Å². The molecule has 19 heavy (non-hydrogen) atoms. The molecule has 0 fully saturated rings. The van der Waals surface area contributed by atoms with Gasteiger partial charge in [0.25, 0.3) is 0 Å². The van der Waals surface area contributed by atoms with E-state index in [9.17, 15) is 0 Å². The quantitative estimate of drug-likeness (QED) is 0.549. The lowest BCUT2D eigenvalue weighted by atomic mass is 10.2. The highest BCUT2D eigenvalue weighted by Gasteiger charge is 1.94. The van der Waals surface area contributed by atoms with E-state index in [1.807, 2.05) is 0 Å². The molecule has 0 saturated heterocycles. The van der Waals surface area contributed by atoms with E-state index in [0.717, 1.165) is 0 Å². The highest BCUT2D eigenvalue weighted by Crippen LogP contribution is 2.20. The van der Waals surface area contributed by atoms with Gasteiger partial charge in [0.15, 0.2) is 0 Å². The average molecular weight is 264 g/mol. The molecule has 0 saturated carbocycles. The molecule has 0 aliphatic rings. The summed E-state index contributed by atoms with van der Waals surface area (Å²) in [6.45, 7) is 3.46. The van der Waals surface area contributed by atoms with Crippen molar-refractivity contribution >= 4 is 0 Å². The number of hydrogen-bond donors (Lipinski definition) is 4. The molecule has 2 rings (SSSR count). The minimum Gasteiger partial charge on any atom is -0.508 e. The minimum absolute atomic E-state index is 0. The fourth-order valence-corrected chi connectivity index (χ4v) is 1.28. The lowest BCUT2D eigenvalue weighted by Crippen LogP contribution is -1.71. The number of phenols is 4. The molecule has 0 aromatic heterocycles. The highest BCUT2D eigenvalue weighted by molar-refractivity contribution is 5.37. The van der Waals surface area contributed by atoms with Crippen LogP contribution in [0.25, 0.3) is 0 Å². The van der Waals surface area contributed by atoms with Gasteiger partial charge in [-0.3, -0.25) is 0 Å². The van der Waals surface area contributed by atoms with Gasteiger partial charge in [-0.1, -0.05) is 7.43 Å². The second kappa shape index (κ2) is 7.16. The lowest BCUT2D eigenvalue weighted by Gasteiger charge is -1.96. The van der Waals surface area contributed by atoms with Crippen LogP contribution in [0.1, 0.15) is 18.6 Å². The van der Waals surface area contributed by atoms with Crippen molar-refractivity contribution in [3.05, 3.63) is 47.5 Å². The summed E-state index contributed by atoms with van der Waals surface area (Å²) in [5.74, 6) is 0.802. The van der Waals surface area contributed by atoms with Crippen LogP contribution in [-0.2, 0) is 0 Å². The molecule has 0 spiro atoms. The van der Waals surface area contributed by atoms with Crippen molar-refractivity contribution in [3.8, 4) is 23.0 Å². The maximum atomic E-state index is 8.93. The zero-order valence-electron chi connectivity index (χ0n) is 10.3. The third kappa shape index (κ3) is 5.21. The molecule has 0 heterocycles. The van der Waals surface area contributed by atoms with Gasteiger partial charge in [0.1, 0.15) is 23.0 Å². The molecule has 2 aromatic rings. The summed E-state index contributed by atoms with van der Waals surface area (Å²) in [7, 11) is 0. The molecule has 0 aliphatic heterocycles. The fourth-order valence-electron chi connectivity index (χ4n) is 1.28. The zero-order valence-corrected chi connectivity index (χ0v) is 10.3. The normalized spacial score (nSPS) is 8.95. The summed E-state index contributed by atoms with van der Waals surface area (Å²) in [5.41, 5.74) is 1.38. The Bertz CT molecular complexity index is 486. The molecule has 0 amide bonds. The van der Waals surface area contributed by atoms with Gasteiger partial charge in [0.2, 0.25) is 0 Å². The van der Waals surface area contributed by atoms with Crippen molar-refractivity contribution in [2.24, 2.45) is 0 Å². The molecule has 4 heteroatoms. The predicted molar refractivity (Wildman–Crippen MR) is 75.7 cm³/mol. The second-order valence-electron chi connectivity index (χ2n) is 3.94. The molecule has 104 valence electrons. The van der Waals surface area contributed by atoms with Crippen LogP contribution in [0.3, 0.4) is 0 Å². The van der Waals surface area contributed by atoms with E-state index in [-0.39, 0.29) is 30.4 Å². The Balaban J connectivity index is 0.000000324. The molecule has 4 nitrogen and oxygen atoms in total. The molecular formula is C15H20O4. The second-order valence-corrected chi connectivity index (χ2v) is 3.94. The molecule has 0 atom stereocenters. The van der Waals surface area contributed by atoms with Crippen molar-refractivity contribution in [3.63, 3.8) is 0 Å². The largest absolute Gasteiger partial charge is 0.508 e. The van der Waals surface area contributed by atoms with E-state index >= 15 is 0 Å². The summed E-state index contributed by atoms with van der Waals surface area (Å²) in [6.07, 6.45) is 0. The van der Waals surface area contributed by atoms with Gasteiger partial charge in [-0.25, -0.2) is 0 Å². The third-order valence-corrected chi connectivity index (χ3v) is 2.36. The molecule has 0 aliphatic carbocycles. The smallest absolute Gasteiger partial charge is 0.118 e. The first-order valence-corrected chi connectivity index (χ1v) is 5.37. The van der Waals surface area contributed by atoms with Crippen LogP contribution >= 0.6 is 0 Å². The Kier molecular flexibility index (Phi) is 6.27. The number of rotatable bonds is 0. The molecule has 0 unspecified atom stereocenters. The van der Waals surface area contributed by atoms with Crippen molar-refractivity contribution < 1.29 is 20.4 Å². The van der Waals surface area contributed by atoms with Crippen LogP contribution < -0.4 is 0 Å². The van der Waals surface area contributed by atoms with Gasteiger partial charge < -0.3 is 20.4 Å². The van der Waals surface area contributed by atoms with E-state index in [1.54, 1.807) is 13.8 Å². The van der Waals surface area contributed by atoms with E-state index in [4.69, 9.17) is 20.4 Å². The number of phenolic OH excluding ortho intramolecular Hbond substituents is 4. The van der Waals surface area contributed by atoms with Gasteiger partial charge in [0.05, 0.1) is 0 Å². The van der Waals surface area contributed by atoms with Crippen molar-refractivity contribution in [2.45, 2.75) is 21.3 Å². The molecule has 4 N–H and O–H groups in total. The van der Waals surface area contributed by atoms with Crippen LogP contribution in [0.2, 0.25) is 0 Å². The first-order valence-electron chi connectivity index (χ1n) is 5.37. The predicted octanol–water partition coefficient (Wildman–Crippen LogP) is 3.45. The zero-order chi connectivity index (χ0) is 13.7. The molecule has 0 radical (unpaired) electrons. The van der Waals surface area contributed by atoms with Crippen LogP contribution in [-0.4, -0.2) is 20.4 Å². The summed E-state index contributed by atoms with van der Waals surface area (Å²) < 4.78 is 0. The van der Waals surface area contributed by atoms with Crippen molar-refractivity contribution in [1.82, 2.24) is 0 Å². The van der Waals surface area contributed by atoms with Crippen molar-refractivity contribution in [2.75, 3.05) is 0 Å². The van der Waals surface area contributed by atoms with Gasteiger partial charge in [-0.2, -0.15) is 0 Å². The van der Waals surface area contributed by atoms with Crippen LogP contribution in [0, 0.1) is 13.8 Å². The Morgan fingerprint density at radius 1 is 0.632 bits per heavy atom. The van der Waals surface area contributed by atoms with Crippen LogP contribution in [0.4, 0.5) is 0 Å². The van der Waals surface area contributed by atoms with Crippen LogP contribution in [0.5, 0.6) is 23.0 Å². The summed E-state index contributed by atoms with van der Waals surface area (Å²) >= 11 is 0. The van der Waals surface area contributed by atoms with Gasteiger partial charge in [-0.05, 0) is 61.4 Å². The van der Waals surface area contributed by atoms with Gasteiger partial charge in [-0.15, -0.1) is 0 Å². The number of benzene rings is 2. The van der Waals surface area contributed by atoms with E-state index in [2.05, 4.69) is 0 Å². The SMILES string of the molecule is C.Cc1cc(O)ccc1O.Cc1cc(O)ccc1O. The Morgan fingerprint density at radius 2 is 0.947 bits per heavy atom. The highest BCUT2D eigenvalue weighted by atomic mass is 16.3. The minimum atomic E-state index is 0. The summed E-state index contributed by atoms with van der Waals surface area (Å²) in [6, 6.07) is 8.84. The molecule has 2 aromatic carbocycles. The number of aromatic hydroxyl groups is 4. The Labute approximate surface area is 113 Å². The maximum Gasteiger partial charge on any atom is 0.118 e. The first kappa shape index (κ1) is 16.6. The lowest BCUT2D eigenvalue weighted by molar-refractivity contribution is 0.456. The standard InChI is InChI=1S/2C7H8O2.CH4/c2*1-5-4-6(8)2-3-7(5)9;/h2*2-4,8-9H,1H3;1H4. The van der Waals surface area contributed by atoms with Gasteiger partial charge in [0, 0.05) is 0 Å². The van der Waals surface area contributed by atoms with E-state index < -0.39 is 0 Å². The van der Waals surface area contributed by atoms with E-state index in [0.29, 0.717) is 11.1 Å². The van der Waals surface area contributed by atoms with Crippen LogP contribution in [0.15, 0.2) is 36.4 Å². The fraction of sp³-hybridized carbons (Fsp3) is 0.200. The molecular weight excluding hydrogens is 244 g/mol. The molecule has 0 bridgehead atoms. The van der Waals surface area contributed by atoms with E-state index in [1.165, 1.54) is 36.4 Å². The summed E-state index contributed by atoms with van der Waals surface area (Å²) in [4.78, 5) is 0. The third-order valence-electron chi connectivity index (χ3n) is 2.36. The Hall–Kier alpha value is -2.36. The van der Waals surface area contributed by atoms with Gasteiger partial charge >= 0.3 is 0 Å².